The van der Waals surface area contributed by atoms with Gasteiger partial charge in [-0.15, -0.1) is 0 Å². The summed E-state index contributed by atoms with van der Waals surface area (Å²) in [4.78, 5) is 21.4. The highest BCUT2D eigenvalue weighted by Gasteiger charge is 2.16. The number of ether oxygens (including phenoxy) is 1. The number of carbonyl (C=O) groups excluding carboxylic acids is 1. The number of aliphatic imine (C=N–C) groups is 1. The molecule has 25 heavy (non-hydrogen) atoms. The van der Waals surface area contributed by atoms with Crippen molar-refractivity contribution in [3.8, 4) is 5.75 Å². The van der Waals surface area contributed by atoms with Crippen LogP contribution in [0.2, 0.25) is 5.02 Å². The smallest absolute Gasteiger partial charge is 0.274 e. The first-order valence-corrected chi connectivity index (χ1v) is 8.66. The van der Waals surface area contributed by atoms with Gasteiger partial charge in [-0.3, -0.25) is 20.0 Å². The van der Waals surface area contributed by atoms with Crippen molar-refractivity contribution < 1.29 is 9.53 Å². The number of aromatic amines is 1. The number of nitrogens with one attached hydrogen (secondary N) is 2. The molecular weight excluding hydrogens is 342 g/mol. The number of aromatic nitrogens is 1. The van der Waals surface area contributed by atoms with E-state index in [1.807, 2.05) is 6.07 Å². The first-order valence-electron chi connectivity index (χ1n) is 8.28. The van der Waals surface area contributed by atoms with Gasteiger partial charge >= 0.3 is 0 Å². The van der Waals surface area contributed by atoms with Gasteiger partial charge in [0.05, 0.1) is 10.5 Å². The normalized spacial score (nSPS) is 15.7. The van der Waals surface area contributed by atoms with E-state index in [-0.39, 0.29) is 11.9 Å². The number of fused-ring (bicyclic) bond motifs is 1. The fraction of sp³-hybridized carbons (Fsp3) is 0.412. The number of guanidine groups is 1. The second-order valence-electron chi connectivity index (χ2n) is 5.98. The summed E-state index contributed by atoms with van der Waals surface area (Å²) in [5.74, 6) is 0.352. The Morgan fingerprint density at radius 3 is 2.92 bits per heavy atom. The summed E-state index contributed by atoms with van der Waals surface area (Å²) in [7, 11) is 1.50. The lowest BCUT2D eigenvalue weighted by molar-refractivity contribution is 0.0972. The lowest BCUT2D eigenvalue weighted by Gasteiger charge is -2.15. The number of nitrogens with zero attached hydrogens (tertiary/aromatic N) is 2. The van der Waals surface area contributed by atoms with Crippen molar-refractivity contribution in [2.24, 2.45) is 10.7 Å². The van der Waals surface area contributed by atoms with E-state index in [4.69, 9.17) is 22.1 Å². The van der Waals surface area contributed by atoms with Gasteiger partial charge in [-0.25, -0.2) is 0 Å². The fourth-order valence-electron chi connectivity index (χ4n) is 2.93. The zero-order valence-electron chi connectivity index (χ0n) is 14.1. The Morgan fingerprint density at radius 2 is 2.20 bits per heavy atom. The van der Waals surface area contributed by atoms with Crippen LogP contribution in [0.25, 0.3) is 10.9 Å². The number of likely N-dealkylation sites (tertiary alicyclic amines) is 1. The molecule has 1 fully saturated rings. The molecule has 134 valence electrons. The molecule has 8 heteroatoms. The Labute approximate surface area is 151 Å². The molecule has 7 nitrogen and oxygen atoms in total. The second kappa shape index (κ2) is 7.76. The van der Waals surface area contributed by atoms with Crippen molar-refractivity contribution in [1.29, 1.82) is 0 Å². The Balaban J connectivity index is 1.77. The van der Waals surface area contributed by atoms with Gasteiger partial charge < -0.3 is 15.5 Å². The first kappa shape index (κ1) is 17.6. The lowest BCUT2D eigenvalue weighted by atomic mass is 10.2. The van der Waals surface area contributed by atoms with E-state index in [1.54, 1.807) is 12.1 Å². The fourth-order valence-corrected chi connectivity index (χ4v) is 3.14. The highest BCUT2D eigenvalue weighted by molar-refractivity contribution is 6.35. The van der Waals surface area contributed by atoms with Crippen LogP contribution in [0.4, 0.5) is 0 Å². The summed E-state index contributed by atoms with van der Waals surface area (Å²) in [6, 6.07) is 5.27. The van der Waals surface area contributed by atoms with Crippen molar-refractivity contribution in [2.75, 3.05) is 33.3 Å². The van der Waals surface area contributed by atoms with Crippen LogP contribution in [0, 0.1) is 0 Å². The molecule has 4 N–H and O–H groups in total. The molecule has 0 atom stereocenters. The van der Waals surface area contributed by atoms with E-state index in [0.29, 0.717) is 28.6 Å². The van der Waals surface area contributed by atoms with Crippen molar-refractivity contribution in [1.82, 2.24) is 15.2 Å². The molecule has 1 aliphatic heterocycles. The molecule has 2 heterocycles. The number of carbonyl (C=O) groups is 1. The van der Waals surface area contributed by atoms with Crippen LogP contribution in [0.1, 0.15) is 23.3 Å². The van der Waals surface area contributed by atoms with E-state index >= 15 is 0 Å². The maximum Gasteiger partial charge on any atom is 0.274 e. The minimum Gasteiger partial charge on any atom is -0.490 e. The maximum atomic E-state index is 12.2. The largest absolute Gasteiger partial charge is 0.490 e. The molecule has 0 unspecified atom stereocenters. The van der Waals surface area contributed by atoms with Crippen molar-refractivity contribution in [2.45, 2.75) is 12.8 Å². The van der Waals surface area contributed by atoms with Crippen molar-refractivity contribution in [3.63, 3.8) is 0 Å². The molecule has 0 saturated carbocycles. The van der Waals surface area contributed by atoms with E-state index < -0.39 is 0 Å². The van der Waals surface area contributed by atoms with Crippen LogP contribution in [-0.2, 0) is 0 Å². The zero-order valence-corrected chi connectivity index (χ0v) is 14.9. The number of nitrogens with two attached hydrogens (primary N) is 1. The van der Waals surface area contributed by atoms with E-state index in [0.717, 1.165) is 25.0 Å². The number of rotatable bonds is 5. The molecule has 3 rings (SSSR count). The van der Waals surface area contributed by atoms with E-state index in [9.17, 15) is 4.79 Å². The van der Waals surface area contributed by atoms with Gasteiger partial charge in [0.25, 0.3) is 5.91 Å². The van der Waals surface area contributed by atoms with E-state index in [2.05, 4.69) is 20.2 Å². The van der Waals surface area contributed by atoms with Gasteiger partial charge in [-0.1, -0.05) is 11.6 Å². The standard InChI is InChI=1S/C17H22ClN5O2/c1-20-17(19)22-16(24)13-10-11-12(18)4-5-14(15(11)21-13)25-9-8-23-6-2-3-7-23/h4-5,10,21H,2-3,6-9H2,1H3,(H3,19,20,22,24). The average molecular weight is 364 g/mol. The number of benzene rings is 1. The van der Waals surface area contributed by atoms with Crippen LogP contribution < -0.4 is 15.8 Å². The molecule has 2 aromatic rings. The maximum absolute atomic E-state index is 12.2. The summed E-state index contributed by atoms with van der Waals surface area (Å²) >= 11 is 6.25. The van der Waals surface area contributed by atoms with Gasteiger partial charge in [0.15, 0.2) is 5.96 Å². The summed E-state index contributed by atoms with van der Waals surface area (Å²) in [6.45, 7) is 3.74. The van der Waals surface area contributed by atoms with Gasteiger partial charge in [-0.2, -0.15) is 0 Å². The first-order chi connectivity index (χ1) is 12.1. The number of H-pyrrole nitrogens is 1. The van der Waals surface area contributed by atoms with Crippen molar-refractivity contribution >= 4 is 34.4 Å². The minimum atomic E-state index is -0.376. The molecular formula is C17H22ClN5O2. The Hall–Kier alpha value is -2.25. The van der Waals surface area contributed by atoms with Crippen LogP contribution in [-0.4, -0.2) is 55.0 Å². The molecule has 0 bridgehead atoms. The van der Waals surface area contributed by atoms with Crippen LogP contribution in [0.3, 0.4) is 0 Å². The number of hydrogen-bond donors (Lipinski definition) is 3. The number of halogens is 1. The quantitative estimate of drug-likeness (QED) is 0.559. The third-order valence-corrected chi connectivity index (χ3v) is 4.62. The predicted molar refractivity (Wildman–Crippen MR) is 99.5 cm³/mol. The minimum absolute atomic E-state index is 0.0526. The summed E-state index contributed by atoms with van der Waals surface area (Å²) < 4.78 is 5.92. The van der Waals surface area contributed by atoms with Gasteiger partial charge in [-0.05, 0) is 44.1 Å². The molecule has 1 aromatic carbocycles. The Morgan fingerprint density at radius 1 is 1.44 bits per heavy atom. The van der Waals surface area contributed by atoms with Gasteiger partial charge in [0.2, 0.25) is 0 Å². The molecule has 1 aromatic heterocycles. The summed E-state index contributed by atoms with van der Waals surface area (Å²) in [5, 5.41) is 3.78. The van der Waals surface area contributed by atoms with Crippen LogP contribution in [0.15, 0.2) is 23.2 Å². The van der Waals surface area contributed by atoms with Crippen LogP contribution in [0.5, 0.6) is 5.75 Å². The molecule has 0 spiro atoms. The van der Waals surface area contributed by atoms with Gasteiger partial charge in [0.1, 0.15) is 18.1 Å². The summed E-state index contributed by atoms with van der Waals surface area (Å²) in [6.07, 6.45) is 2.51. The Bertz CT molecular complexity index is 796. The molecule has 0 aliphatic carbocycles. The zero-order chi connectivity index (χ0) is 17.8. The molecule has 1 saturated heterocycles. The Kier molecular flexibility index (Phi) is 5.45. The second-order valence-corrected chi connectivity index (χ2v) is 6.38. The predicted octanol–water partition coefficient (Wildman–Crippen LogP) is 1.97. The third kappa shape index (κ3) is 4.05. The highest BCUT2D eigenvalue weighted by atomic mass is 35.5. The summed E-state index contributed by atoms with van der Waals surface area (Å²) in [5.41, 5.74) is 6.59. The molecule has 1 amide bonds. The van der Waals surface area contributed by atoms with Crippen molar-refractivity contribution in [3.05, 3.63) is 28.9 Å². The molecule has 1 aliphatic rings. The van der Waals surface area contributed by atoms with E-state index in [1.165, 1.54) is 19.9 Å². The van der Waals surface area contributed by atoms with Crippen LogP contribution >= 0.6 is 11.6 Å². The third-order valence-electron chi connectivity index (χ3n) is 4.29. The lowest BCUT2D eigenvalue weighted by Crippen LogP contribution is -2.36. The topological polar surface area (TPSA) is 95.7 Å². The van der Waals surface area contributed by atoms with Gasteiger partial charge in [0, 0.05) is 19.0 Å². The average Bonchev–Trinajstić information content (AvgIpc) is 3.26. The number of amides is 1. The monoisotopic (exact) mass is 363 g/mol. The number of hydrogen-bond acceptors (Lipinski definition) is 4. The molecule has 0 radical (unpaired) electrons. The SMILES string of the molecule is CN=C(N)NC(=O)c1cc2c(Cl)ccc(OCCN3CCCC3)c2[nH]1. The highest BCUT2D eigenvalue weighted by Crippen LogP contribution is 2.32.